The molecule has 0 amide bonds. The Hall–Kier alpha value is -2.61. The van der Waals surface area contributed by atoms with Crippen LogP contribution in [0.15, 0.2) is 30.3 Å². The van der Waals surface area contributed by atoms with E-state index in [1.54, 1.807) is 6.92 Å². The second-order valence-electron chi connectivity index (χ2n) is 5.46. The second-order valence-corrected chi connectivity index (χ2v) is 5.84. The van der Waals surface area contributed by atoms with Crippen LogP contribution in [0.5, 0.6) is 5.75 Å². The second kappa shape index (κ2) is 8.39. The monoisotopic (exact) mass is 401 g/mol. The van der Waals surface area contributed by atoms with Crippen LogP contribution in [0.2, 0.25) is 5.02 Å². The fraction of sp³-hybridized carbons (Fsp3) is 0.278. The van der Waals surface area contributed by atoms with E-state index in [1.165, 1.54) is 18.2 Å². The minimum Gasteiger partial charge on any atom is -0.506 e. The van der Waals surface area contributed by atoms with Crippen molar-refractivity contribution in [3.63, 3.8) is 0 Å². The molecule has 1 N–H and O–H groups in total. The van der Waals surface area contributed by atoms with Gasteiger partial charge in [-0.1, -0.05) is 23.7 Å². The van der Waals surface area contributed by atoms with Gasteiger partial charge in [0, 0.05) is 12.0 Å². The summed E-state index contributed by atoms with van der Waals surface area (Å²) in [6.45, 7) is 1.79. The highest BCUT2D eigenvalue weighted by Gasteiger charge is 2.34. The quantitative estimate of drug-likeness (QED) is 0.563. The maximum atomic E-state index is 13.0. The first-order valence-corrected chi connectivity index (χ1v) is 8.27. The Labute approximate surface area is 157 Å². The van der Waals surface area contributed by atoms with Crippen molar-refractivity contribution in [2.24, 2.45) is 0 Å². The number of nitrogens with zero attached hydrogens (tertiary/aromatic N) is 1. The van der Waals surface area contributed by atoms with Crippen LogP contribution in [-0.4, -0.2) is 28.4 Å². The molecular weight excluding hydrogens is 387 g/mol. The molecule has 0 aliphatic rings. The summed E-state index contributed by atoms with van der Waals surface area (Å²) in [7, 11) is 0. The lowest BCUT2D eigenvalue weighted by atomic mass is 10.0. The SMILES string of the molecule is CCOC(=O)CCC(=O)c1nc(-c2cccc(C(F)(F)F)c2Cl)ccc1O. The van der Waals surface area contributed by atoms with Gasteiger partial charge in [-0.3, -0.25) is 9.59 Å². The standard InChI is InChI=1S/C18H15ClF3NO4/c1-2-27-15(26)9-8-14(25)17-13(24)7-6-12(23-17)10-4-3-5-11(16(10)19)18(20,21)22/h3-7,24H,2,8-9H2,1H3. The summed E-state index contributed by atoms with van der Waals surface area (Å²) in [6, 6.07) is 5.71. The predicted octanol–water partition coefficient (Wildman–Crippen LogP) is 4.65. The van der Waals surface area contributed by atoms with Crippen molar-refractivity contribution in [2.75, 3.05) is 6.61 Å². The van der Waals surface area contributed by atoms with E-state index in [9.17, 15) is 27.9 Å². The highest BCUT2D eigenvalue weighted by molar-refractivity contribution is 6.34. The molecule has 0 fully saturated rings. The minimum atomic E-state index is -4.65. The number of carbonyl (C=O) groups excluding carboxylic acids is 2. The van der Waals surface area contributed by atoms with Gasteiger partial charge >= 0.3 is 12.1 Å². The van der Waals surface area contributed by atoms with Crippen LogP contribution in [-0.2, 0) is 15.7 Å². The molecule has 27 heavy (non-hydrogen) atoms. The van der Waals surface area contributed by atoms with Crippen molar-refractivity contribution in [3.05, 3.63) is 46.6 Å². The van der Waals surface area contributed by atoms with Gasteiger partial charge < -0.3 is 9.84 Å². The third-order valence-corrected chi connectivity index (χ3v) is 3.99. The first-order valence-electron chi connectivity index (χ1n) is 7.90. The number of pyridine rings is 1. The lowest BCUT2D eigenvalue weighted by molar-refractivity contribution is -0.143. The zero-order valence-corrected chi connectivity index (χ0v) is 14.9. The smallest absolute Gasteiger partial charge is 0.417 e. The molecule has 1 aromatic heterocycles. The van der Waals surface area contributed by atoms with Gasteiger partial charge in [0.1, 0.15) is 11.4 Å². The predicted molar refractivity (Wildman–Crippen MR) is 91.5 cm³/mol. The molecule has 0 bridgehead atoms. The van der Waals surface area contributed by atoms with Gasteiger partial charge in [0.25, 0.3) is 0 Å². The minimum absolute atomic E-state index is 0.0108. The van der Waals surface area contributed by atoms with Gasteiger partial charge in [-0.25, -0.2) is 4.98 Å². The summed E-state index contributed by atoms with van der Waals surface area (Å²) in [4.78, 5) is 27.5. The number of hydrogen-bond donors (Lipinski definition) is 1. The van der Waals surface area contributed by atoms with Crippen LogP contribution in [0.4, 0.5) is 13.2 Å². The van der Waals surface area contributed by atoms with E-state index in [-0.39, 0.29) is 36.4 Å². The third kappa shape index (κ3) is 4.97. The van der Waals surface area contributed by atoms with Crippen LogP contribution in [0.25, 0.3) is 11.3 Å². The number of ketones is 1. The van der Waals surface area contributed by atoms with Crippen molar-refractivity contribution in [2.45, 2.75) is 25.9 Å². The summed E-state index contributed by atoms with van der Waals surface area (Å²) < 4.78 is 43.8. The van der Waals surface area contributed by atoms with Crippen LogP contribution in [0.1, 0.15) is 35.8 Å². The molecule has 0 radical (unpaired) electrons. The molecule has 1 aromatic carbocycles. The normalized spacial score (nSPS) is 11.3. The number of halogens is 4. The van der Waals surface area contributed by atoms with E-state index in [1.807, 2.05) is 0 Å². The summed E-state index contributed by atoms with van der Waals surface area (Å²) in [5.41, 5.74) is -1.44. The van der Waals surface area contributed by atoms with Crippen molar-refractivity contribution >= 4 is 23.4 Å². The number of aromatic hydroxyl groups is 1. The highest BCUT2D eigenvalue weighted by Crippen LogP contribution is 2.39. The molecule has 0 saturated heterocycles. The Balaban J connectivity index is 2.35. The lowest BCUT2D eigenvalue weighted by Crippen LogP contribution is -2.10. The third-order valence-electron chi connectivity index (χ3n) is 3.58. The molecule has 2 rings (SSSR count). The number of aromatic nitrogens is 1. The Bertz CT molecular complexity index is 868. The fourth-order valence-electron chi connectivity index (χ4n) is 2.32. The topological polar surface area (TPSA) is 76.5 Å². The average molecular weight is 402 g/mol. The van der Waals surface area contributed by atoms with Crippen molar-refractivity contribution in [1.29, 1.82) is 0 Å². The van der Waals surface area contributed by atoms with E-state index in [0.717, 1.165) is 12.1 Å². The molecule has 1 heterocycles. The van der Waals surface area contributed by atoms with Crippen LogP contribution in [0.3, 0.4) is 0 Å². The summed E-state index contributed by atoms with van der Waals surface area (Å²) in [6.07, 6.45) is -5.12. The molecule has 2 aromatic rings. The summed E-state index contributed by atoms with van der Waals surface area (Å²) in [5.74, 6) is -1.68. The van der Waals surface area contributed by atoms with E-state index in [4.69, 9.17) is 16.3 Å². The van der Waals surface area contributed by atoms with Gasteiger partial charge in [0.05, 0.1) is 29.3 Å². The largest absolute Gasteiger partial charge is 0.506 e. The number of ether oxygens (including phenoxy) is 1. The van der Waals surface area contributed by atoms with E-state index < -0.39 is 34.3 Å². The van der Waals surface area contributed by atoms with Gasteiger partial charge in [0.15, 0.2) is 5.78 Å². The Morgan fingerprint density at radius 3 is 2.52 bits per heavy atom. The molecule has 0 unspecified atom stereocenters. The number of benzene rings is 1. The summed E-state index contributed by atoms with van der Waals surface area (Å²) >= 11 is 5.87. The van der Waals surface area contributed by atoms with Crippen molar-refractivity contribution in [3.8, 4) is 17.0 Å². The average Bonchev–Trinajstić information content (AvgIpc) is 2.60. The Morgan fingerprint density at radius 1 is 1.19 bits per heavy atom. The first kappa shape index (κ1) is 20.7. The number of carbonyl (C=O) groups is 2. The van der Waals surface area contributed by atoms with Gasteiger partial charge in [0.2, 0.25) is 0 Å². The summed E-state index contributed by atoms with van der Waals surface area (Å²) in [5, 5.41) is 9.30. The zero-order chi connectivity index (χ0) is 20.2. The number of alkyl halides is 3. The molecule has 0 spiro atoms. The molecule has 144 valence electrons. The molecule has 0 saturated carbocycles. The van der Waals surface area contributed by atoms with Crippen LogP contribution >= 0.6 is 11.6 Å². The maximum Gasteiger partial charge on any atom is 0.417 e. The number of esters is 1. The Morgan fingerprint density at radius 2 is 1.89 bits per heavy atom. The van der Waals surface area contributed by atoms with Crippen LogP contribution in [0, 0.1) is 0 Å². The van der Waals surface area contributed by atoms with Crippen LogP contribution < -0.4 is 0 Å². The van der Waals surface area contributed by atoms with E-state index in [0.29, 0.717) is 0 Å². The molecule has 0 aliphatic heterocycles. The van der Waals surface area contributed by atoms with E-state index >= 15 is 0 Å². The number of Topliss-reactive ketones (excluding diaryl/α,β-unsaturated/α-hetero) is 1. The maximum absolute atomic E-state index is 13.0. The number of rotatable bonds is 6. The fourth-order valence-corrected chi connectivity index (χ4v) is 2.65. The first-order chi connectivity index (χ1) is 12.6. The lowest BCUT2D eigenvalue weighted by Gasteiger charge is -2.13. The molecule has 9 heteroatoms. The van der Waals surface area contributed by atoms with E-state index in [2.05, 4.69) is 4.98 Å². The molecule has 5 nitrogen and oxygen atoms in total. The molecule has 0 atom stereocenters. The zero-order valence-electron chi connectivity index (χ0n) is 14.1. The molecular formula is C18H15ClF3NO4. The highest BCUT2D eigenvalue weighted by atomic mass is 35.5. The van der Waals surface area contributed by atoms with Gasteiger partial charge in [-0.2, -0.15) is 13.2 Å². The van der Waals surface area contributed by atoms with Gasteiger partial charge in [-0.15, -0.1) is 0 Å². The van der Waals surface area contributed by atoms with Gasteiger partial charge in [-0.05, 0) is 25.1 Å². The van der Waals surface area contributed by atoms with Crippen molar-refractivity contribution < 1.29 is 32.6 Å². The van der Waals surface area contributed by atoms with Crippen molar-refractivity contribution in [1.82, 2.24) is 4.98 Å². The number of hydrogen-bond acceptors (Lipinski definition) is 5. The molecule has 0 aliphatic carbocycles. The Kier molecular flexibility index (Phi) is 6.43.